The van der Waals surface area contributed by atoms with Crippen LogP contribution in [0, 0.1) is 11.3 Å². The van der Waals surface area contributed by atoms with Gasteiger partial charge in [-0.15, -0.1) is 0 Å². The van der Waals surface area contributed by atoms with Crippen molar-refractivity contribution in [3.8, 4) is 11.8 Å². The van der Waals surface area contributed by atoms with Crippen molar-refractivity contribution in [2.24, 2.45) is 7.05 Å². The molecule has 0 N–H and O–H groups in total. The zero-order valence-corrected chi connectivity index (χ0v) is 10.7. The Morgan fingerprint density at radius 3 is 2.65 bits per heavy atom. The molecule has 3 rings (SSSR count). The molecule has 98 valence electrons. The van der Waals surface area contributed by atoms with Crippen LogP contribution in [0.5, 0.6) is 5.75 Å². The maximum atomic E-state index is 12.4. The van der Waals surface area contributed by atoms with Gasteiger partial charge in [-0.2, -0.15) is 5.26 Å². The molecule has 0 bridgehead atoms. The van der Waals surface area contributed by atoms with Crippen LogP contribution in [-0.2, 0) is 18.3 Å². The van der Waals surface area contributed by atoms with E-state index in [1.165, 1.54) is 0 Å². The zero-order chi connectivity index (χ0) is 14.3. The van der Waals surface area contributed by atoms with Gasteiger partial charge in [-0.3, -0.25) is 9.59 Å². The summed E-state index contributed by atoms with van der Waals surface area (Å²) in [6.07, 6.45) is 0.187. The van der Waals surface area contributed by atoms with Gasteiger partial charge in [-0.25, -0.2) is 0 Å². The van der Waals surface area contributed by atoms with E-state index in [1.807, 2.05) is 6.07 Å². The minimum atomic E-state index is -0.303. The molecule has 2 heterocycles. The number of ether oxygens (including phenoxy) is 1. The lowest BCUT2D eigenvalue weighted by molar-refractivity contribution is -0.131. The number of ketones is 1. The van der Waals surface area contributed by atoms with Crippen molar-refractivity contribution in [1.82, 2.24) is 4.57 Å². The number of aromatic nitrogens is 1. The molecule has 0 amide bonds. The second kappa shape index (κ2) is 4.35. The molecule has 1 aliphatic rings. The summed E-state index contributed by atoms with van der Waals surface area (Å²) in [5.41, 5.74) is 2.18. The fraction of sp³-hybridized carbons (Fsp3) is 0.133. The molecule has 0 unspecified atom stereocenters. The summed E-state index contributed by atoms with van der Waals surface area (Å²) in [6, 6.07) is 10.0. The Morgan fingerprint density at radius 1 is 1.35 bits per heavy atom. The number of rotatable bonds is 2. The Labute approximate surface area is 115 Å². The third-order valence-corrected chi connectivity index (χ3v) is 3.36. The van der Waals surface area contributed by atoms with E-state index in [2.05, 4.69) is 0 Å². The molecule has 0 atom stereocenters. The smallest absolute Gasteiger partial charge is 0.317 e. The molecular formula is C15H10N2O3. The third kappa shape index (κ3) is 1.79. The van der Waals surface area contributed by atoms with Gasteiger partial charge < -0.3 is 9.30 Å². The Bertz CT molecular complexity index is 764. The van der Waals surface area contributed by atoms with Gasteiger partial charge in [0.1, 0.15) is 0 Å². The highest BCUT2D eigenvalue weighted by Crippen LogP contribution is 2.30. The molecule has 0 aliphatic carbocycles. The summed E-state index contributed by atoms with van der Waals surface area (Å²) in [5, 5.41) is 8.74. The molecule has 20 heavy (non-hydrogen) atoms. The van der Waals surface area contributed by atoms with Crippen LogP contribution in [0.25, 0.3) is 0 Å². The van der Waals surface area contributed by atoms with Crippen molar-refractivity contribution in [2.45, 2.75) is 6.42 Å². The van der Waals surface area contributed by atoms with E-state index in [0.29, 0.717) is 28.3 Å². The molecule has 0 saturated heterocycles. The van der Waals surface area contributed by atoms with Gasteiger partial charge in [0.2, 0.25) is 5.78 Å². The first-order chi connectivity index (χ1) is 9.60. The van der Waals surface area contributed by atoms with E-state index in [-0.39, 0.29) is 18.2 Å². The normalized spacial score (nSPS) is 12.7. The Balaban J connectivity index is 1.97. The number of hydrogen-bond donors (Lipinski definition) is 0. The average Bonchev–Trinajstić information content (AvgIpc) is 2.96. The summed E-state index contributed by atoms with van der Waals surface area (Å²) < 4.78 is 6.72. The van der Waals surface area contributed by atoms with Gasteiger partial charge in [-0.1, -0.05) is 0 Å². The number of carbonyl (C=O) groups is 2. The van der Waals surface area contributed by atoms with Crippen LogP contribution in [0.2, 0.25) is 0 Å². The van der Waals surface area contributed by atoms with Crippen molar-refractivity contribution >= 4 is 11.8 Å². The highest BCUT2D eigenvalue weighted by molar-refractivity contribution is 6.08. The highest BCUT2D eigenvalue weighted by Gasteiger charge is 2.28. The second-order valence-electron chi connectivity index (χ2n) is 4.57. The lowest BCUT2D eigenvalue weighted by Gasteiger charge is -2.04. The van der Waals surface area contributed by atoms with Crippen LogP contribution in [0.15, 0.2) is 30.3 Å². The molecular weight excluding hydrogens is 256 g/mol. The third-order valence-electron chi connectivity index (χ3n) is 3.36. The first kappa shape index (κ1) is 12.2. The number of esters is 1. The fourth-order valence-electron chi connectivity index (χ4n) is 2.27. The van der Waals surface area contributed by atoms with E-state index in [4.69, 9.17) is 10.00 Å². The molecule has 5 nitrogen and oxygen atoms in total. The van der Waals surface area contributed by atoms with Crippen LogP contribution in [0.1, 0.15) is 27.3 Å². The summed E-state index contributed by atoms with van der Waals surface area (Å²) >= 11 is 0. The number of carbonyl (C=O) groups excluding carboxylic acids is 2. The lowest BCUT2D eigenvalue weighted by Crippen LogP contribution is -2.11. The van der Waals surface area contributed by atoms with Crippen LogP contribution in [-0.4, -0.2) is 16.3 Å². The minimum Gasteiger partial charge on any atom is -0.424 e. The predicted molar refractivity (Wildman–Crippen MR) is 69.3 cm³/mol. The molecule has 0 spiro atoms. The van der Waals surface area contributed by atoms with Crippen molar-refractivity contribution in [3.05, 3.63) is 52.8 Å². The second-order valence-corrected chi connectivity index (χ2v) is 4.57. The molecule has 2 aromatic rings. The fourth-order valence-corrected chi connectivity index (χ4v) is 2.27. The highest BCUT2D eigenvalue weighted by atomic mass is 16.5. The van der Waals surface area contributed by atoms with Crippen molar-refractivity contribution < 1.29 is 14.3 Å². The molecule has 0 fully saturated rings. The first-order valence-corrected chi connectivity index (χ1v) is 6.04. The van der Waals surface area contributed by atoms with Gasteiger partial charge in [0, 0.05) is 18.7 Å². The van der Waals surface area contributed by atoms with E-state index < -0.39 is 0 Å². The Kier molecular flexibility index (Phi) is 2.65. The number of nitrogens with zero attached hydrogens (tertiary/aromatic N) is 2. The van der Waals surface area contributed by atoms with Gasteiger partial charge in [0.05, 0.1) is 29.4 Å². The van der Waals surface area contributed by atoms with E-state index >= 15 is 0 Å². The lowest BCUT2D eigenvalue weighted by atomic mass is 10.1. The average molecular weight is 266 g/mol. The number of benzene rings is 1. The van der Waals surface area contributed by atoms with Gasteiger partial charge >= 0.3 is 5.97 Å². The number of nitriles is 1. The van der Waals surface area contributed by atoms with Crippen molar-refractivity contribution in [1.29, 1.82) is 5.26 Å². The van der Waals surface area contributed by atoms with Gasteiger partial charge in [0.15, 0.2) is 5.75 Å². The quantitative estimate of drug-likeness (QED) is 0.611. The maximum absolute atomic E-state index is 12.4. The van der Waals surface area contributed by atoms with Gasteiger partial charge in [-0.05, 0) is 24.3 Å². The first-order valence-electron chi connectivity index (χ1n) is 6.04. The molecule has 5 heteroatoms. The van der Waals surface area contributed by atoms with Crippen LogP contribution in [0.3, 0.4) is 0 Å². The van der Waals surface area contributed by atoms with E-state index in [0.717, 1.165) is 0 Å². The molecule has 1 aliphatic heterocycles. The summed E-state index contributed by atoms with van der Waals surface area (Å²) in [4.78, 5) is 23.6. The number of hydrogen-bond acceptors (Lipinski definition) is 4. The van der Waals surface area contributed by atoms with E-state index in [1.54, 1.807) is 41.9 Å². The largest absolute Gasteiger partial charge is 0.424 e. The monoisotopic (exact) mass is 266 g/mol. The molecule has 1 aromatic heterocycles. The van der Waals surface area contributed by atoms with Crippen LogP contribution in [0.4, 0.5) is 0 Å². The minimum absolute atomic E-state index is 0.164. The summed E-state index contributed by atoms with van der Waals surface area (Å²) in [7, 11) is 1.73. The predicted octanol–water partition coefficient (Wildman–Crippen LogP) is 1.59. The summed E-state index contributed by atoms with van der Waals surface area (Å²) in [5.74, 6) is -0.0140. The van der Waals surface area contributed by atoms with Crippen LogP contribution >= 0.6 is 0 Å². The zero-order valence-electron chi connectivity index (χ0n) is 10.7. The summed E-state index contributed by atoms with van der Waals surface area (Å²) in [6.45, 7) is 0. The van der Waals surface area contributed by atoms with Crippen molar-refractivity contribution in [2.75, 3.05) is 0 Å². The topological polar surface area (TPSA) is 72.1 Å². The molecule has 1 aromatic carbocycles. The maximum Gasteiger partial charge on any atom is 0.317 e. The number of fused-ring (bicyclic) bond motifs is 1. The van der Waals surface area contributed by atoms with Crippen molar-refractivity contribution in [3.63, 3.8) is 0 Å². The Morgan fingerprint density at radius 2 is 2.05 bits per heavy atom. The SMILES string of the molecule is Cn1c(C(=O)c2ccc(C#N)cc2)cc2c1CC(=O)O2. The van der Waals surface area contributed by atoms with Crippen LogP contribution < -0.4 is 4.74 Å². The van der Waals surface area contributed by atoms with Gasteiger partial charge in [0.25, 0.3) is 0 Å². The van der Waals surface area contributed by atoms with E-state index in [9.17, 15) is 9.59 Å². The Hall–Kier alpha value is -2.87. The molecule has 0 radical (unpaired) electrons. The standard InChI is InChI=1S/C15H10N2O3/c1-17-11-7-14(18)20-13(11)6-12(17)15(19)10-4-2-9(8-16)3-5-10/h2-6H,7H2,1H3. The molecule has 0 saturated carbocycles.